The van der Waals surface area contributed by atoms with Crippen LogP contribution in [-0.4, -0.2) is 36.9 Å². The van der Waals surface area contributed by atoms with E-state index in [2.05, 4.69) is 0 Å². The Balaban J connectivity index is 1.89. The van der Waals surface area contributed by atoms with Crippen LogP contribution in [0, 0.1) is 0 Å². The number of hydrogen-bond donors (Lipinski definition) is 1. The average molecular weight is 378 g/mol. The van der Waals surface area contributed by atoms with E-state index in [1.165, 1.54) is 16.4 Å². The fraction of sp³-hybridized carbons (Fsp3) is 0.167. The Kier molecular flexibility index (Phi) is 4.94. The molecule has 0 amide bonds. The molecule has 5 nitrogen and oxygen atoms in total. The van der Waals surface area contributed by atoms with Crippen molar-refractivity contribution in [3.05, 3.63) is 70.8 Å². The summed E-state index contributed by atoms with van der Waals surface area (Å²) in [5, 5.41) is 9.09. The maximum absolute atomic E-state index is 12.8. The molecule has 0 aromatic heterocycles. The van der Waals surface area contributed by atoms with Gasteiger partial charge in [-0.25, -0.2) is 13.2 Å². The molecule has 2 aromatic rings. The fourth-order valence-electron chi connectivity index (χ4n) is 2.76. The molecule has 0 fully saturated rings. The van der Waals surface area contributed by atoms with Gasteiger partial charge in [-0.3, -0.25) is 0 Å². The highest BCUT2D eigenvalue weighted by atomic mass is 35.5. The Morgan fingerprint density at radius 2 is 1.84 bits per heavy atom. The van der Waals surface area contributed by atoms with E-state index < -0.39 is 16.0 Å². The molecule has 0 unspecified atom stereocenters. The lowest BCUT2D eigenvalue weighted by atomic mass is 10.0. The zero-order chi connectivity index (χ0) is 18.0. The molecule has 1 aliphatic heterocycles. The molecule has 0 radical (unpaired) electrons. The van der Waals surface area contributed by atoms with Gasteiger partial charge in [0.15, 0.2) is 0 Å². The Morgan fingerprint density at radius 1 is 1.12 bits per heavy atom. The molecule has 1 heterocycles. The van der Waals surface area contributed by atoms with E-state index in [9.17, 15) is 13.2 Å². The third kappa shape index (κ3) is 3.61. The van der Waals surface area contributed by atoms with Gasteiger partial charge in [-0.05, 0) is 35.8 Å². The van der Waals surface area contributed by atoms with E-state index in [0.717, 1.165) is 17.2 Å². The average Bonchev–Trinajstić information content (AvgIpc) is 2.62. The van der Waals surface area contributed by atoms with E-state index in [4.69, 9.17) is 16.7 Å². The van der Waals surface area contributed by atoms with Gasteiger partial charge in [-0.1, -0.05) is 48.0 Å². The first-order valence-corrected chi connectivity index (χ1v) is 9.49. The first-order chi connectivity index (χ1) is 11.9. The largest absolute Gasteiger partial charge is 0.478 e. The molecule has 1 aliphatic rings. The van der Waals surface area contributed by atoms with Crippen LogP contribution in [-0.2, 0) is 10.0 Å². The highest BCUT2D eigenvalue weighted by Crippen LogP contribution is 2.29. The molecule has 1 N–H and O–H groups in total. The Hall–Kier alpha value is -2.15. The summed E-state index contributed by atoms with van der Waals surface area (Å²) < 4.78 is 27.0. The van der Waals surface area contributed by atoms with Crippen LogP contribution in [0.2, 0.25) is 5.02 Å². The minimum Gasteiger partial charge on any atom is -0.478 e. The summed E-state index contributed by atoms with van der Waals surface area (Å²) in [4.78, 5) is 10.9. The second-order valence-corrected chi connectivity index (χ2v) is 7.97. The molecule has 0 atom stereocenters. The van der Waals surface area contributed by atoms with E-state index in [0.29, 0.717) is 13.0 Å². The van der Waals surface area contributed by atoms with Crippen molar-refractivity contribution >= 4 is 33.2 Å². The monoisotopic (exact) mass is 377 g/mol. The summed E-state index contributed by atoms with van der Waals surface area (Å²) >= 11 is 6.02. The van der Waals surface area contributed by atoms with Crippen molar-refractivity contribution in [3.63, 3.8) is 0 Å². The lowest BCUT2D eigenvalue weighted by Crippen LogP contribution is -2.35. The number of halogens is 1. The molecule has 7 heteroatoms. The second kappa shape index (κ2) is 7.00. The minimum absolute atomic E-state index is 0.0165. The number of carboxylic acid groups (broad SMARTS) is 1. The number of carboxylic acids is 1. The van der Waals surface area contributed by atoms with Crippen LogP contribution in [0.5, 0.6) is 0 Å². The molecular formula is C18H16ClNO4S. The van der Waals surface area contributed by atoms with Gasteiger partial charge in [0.2, 0.25) is 10.0 Å². The molecule has 0 aliphatic carbocycles. The highest BCUT2D eigenvalue weighted by molar-refractivity contribution is 7.89. The number of carbonyl (C=O) groups is 1. The fourth-order valence-corrected chi connectivity index (χ4v) is 4.64. The van der Waals surface area contributed by atoms with Gasteiger partial charge in [-0.15, -0.1) is 0 Å². The van der Waals surface area contributed by atoms with Crippen LogP contribution in [0.1, 0.15) is 22.3 Å². The van der Waals surface area contributed by atoms with Gasteiger partial charge < -0.3 is 5.11 Å². The lowest BCUT2D eigenvalue weighted by Gasteiger charge is -2.26. The predicted molar refractivity (Wildman–Crippen MR) is 96.2 cm³/mol. The SMILES string of the molecule is O=C(O)c1ccc(Cl)c(S(=O)(=O)N2CC=C(c3ccccc3)CC2)c1. The zero-order valence-electron chi connectivity index (χ0n) is 13.2. The molecule has 0 spiro atoms. The van der Waals surface area contributed by atoms with Crippen LogP contribution in [0.15, 0.2) is 59.5 Å². The van der Waals surface area contributed by atoms with Gasteiger partial charge in [0, 0.05) is 13.1 Å². The van der Waals surface area contributed by atoms with Gasteiger partial charge >= 0.3 is 5.97 Å². The Morgan fingerprint density at radius 3 is 2.44 bits per heavy atom. The number of nitrogens with zero attached hydrogens (tertiary/aromatic N) is 1. The highest BCUT2D eigenvalue weighted by Gasteiger charge is 2.29. The second-order valence-electron chi connectivity index (χ2n) is 5.66. The molecule has 2 aromatic carbocycles. The summed E-state index contributed by atoms with van der Waals surface area (Å²) in [5.74, 6) is -1.20. The van der Waals surface area contributed by atoms with Crippen molar-refractivity contribution in [2.75, 3.05) is 13.1 Å². The molecule has 25 heavy (non-hydrogen) atoms. The van der Waals surface area contributed by atoms with E-state index >= 15 is 0 Å². The first kappa shape index (κ1) is 17.7. The molecule has 3 rings (SSSR count). The van der Waals surface area contributed by atoms with Gasteiger partial charge in [0.25, 0.3) is 0 Å². The predicted octanol–water partition coefficient (Wildman–Crippen LogP) is 3.52. The Labute approximate surface area is 151 Å². The third-order valence-corrected chi connectivity index (χ3v) is 6.46. The van der Waals surface area contributed by atoms with Crippen LogP contribution >= 0.6 is 11.6 Å². The van der Waals surface area contributed by atoms with Gasteiger partial charge in [-0.2, -0.15) is 4.31 Å². The number of sulfonamides is 1. The number of hydrogen-bond acceptors (Lipinski definition) is 3. The standard InChI is InChI=1S/C18H16ClNO4S/c19-16-7-6-15(18(21)22)12-17(16)25(23,24)20-10-8-14(9-11-20)13-4-2-1-3-5-13/h1-8,12H,9-11H2,(H,21,22). The van der Waals surface area contributed by atoms with Crippen molar-refractivity contribution < 1.29 is 18.3 Å². The van der Waals surface area contributed by atoms with Gasteiger partial charge in [0.05, 0.1) is 10.6 Å². The topological polar surface area (TPSA) is 74.7 Å². The summed E-state index contributed by atoms with van der Waals surface area (Å²) in [6.07, 6.45) is 2.46. The molecule has 0 saturated heterocycles. The molecule has 0 saturated carbocycles. The maximum atomic E-state index is 12.8. The van der Waals surface area contributed by atoms with Crippen molar-refractivity contribution in [1.29, 1.82) is 0 Å². The lowest BCUT2D eigenvalue weighted by molar-refractivity contribution is 0.0696. The van der Waals surface area contributed by atoms with Crippen molar-refractivity contribution in [3.8, 4) is 0 Å². The van der Waals surface area contributed by atoms with E-state index in [-0.39, 0.29) is 22.0 Å². The van der Waals surface area contributed by atoms with Crippen molar-refractivity contribution in [1.82, 2.24) is 4.31 Å². The van der Waals surface area contributed by atoms with E-state index in [1.807, 2.05) is 36.4 Å². The first-order valence-electron chi connectivity index (χ1n) is 7.67. The summed E-state index contributed by atoms with van der Waals surface area (Å²) in [6.45, 7) is 0.539. The van der Waals surface area contributed by atoms with E-state index in [1.54, 1.807) is 0 Å². The van der Waals surface area contributed by atoms with Gasteiger partial charge in [0.1, 0.15) is 4.90 Å². The number of rotatable bonds is 4. The summed E-state index contributed by atoms with van der Waals surface area (Å²) in [5.41, 5.74) is 2.06. The van der Waals surface area contributed by atoms with Crippen LogP contribution < -0.4 is 0 Å². The summed E-state index contributed by atoms with van der Waals surface area (Å²) in [6, 6.07) is 13.5. The normalized spacial score (nSPS) is 15.6. The van der Waals surface area contributed by atoms with Crippen molar-refractivity contribution in [2.24, 2.45) is 0 Å². The third-order valence-electron chi connectivity index (χ3n) is 4.11. The Bertz CT molecular complexity index is 939. The van der Waals surface area contributed by atoms with Crippen LogP contribution in [0.4, 0.5) is 0 Å². The van der Waals surface area contributed by atoms with Crippen molar-refractivity contribution in [2.45, 2.75) is 11.3 Å². The molecular weight excluding hydrogens is 362 g/mol. The number of benzene rings is 2. The quantitative estimate of drug-likeness (QED) is 0.884. The smallest absolute Gasteiger partial charge is 0.335 e. The van der Waals surface area contributed by atoms with Crippen LogP contribution in [0.3, 0.4) is 0 Å². The molecule has 130 valence electrons. The number of aromatic carboxylic acids is 1. The van der Waals surface area contributed by atoms with Crippen LogP contribution in [0.25, 0.3) is 5.57 Å². The minimum atomic E-state index is -3.86. The molecule has 0 bridgehead atoms. The summed E-state index contributed by atoms with van der Waals surface area (Å²) in [7, 11) is -3.86. The maximum Gasteiger partial charge on any atom is 0.335 e. The zero-order valence-corrected chi connectivity index (χ0v) is 14.8.